The van der Waals surface area contributed by atoms with Crippen molar-refractivity contribution in [2.45, 2.75) is 0 Å². The molecule has 3 nitrogen and oxygen atoms in total. The number of nitrogens with zero attached hydrogens (tertiary/aromatic N) is 2. The minimum absolute atomic E-state index is 0.537. The lowest BCUT2D eigenvalue weighted by Crippen LogP contribution is -1.86. The highest BCUT2D eigenvalue weighted by Gasteiger charge is 2.10. The van der Waals surface area contributed by atoms with Crippen molar-refractivity contribution in [3.05, 3.63) is 57.5 Å². The van der Waals surface area contributed by atoms with Crippen LogP contribution in [0.3, 0.4) is 0 Å². The molecule has 1 heterocycles. The fourth-order valence-corrected chi connectivity index (χ4v) is 3.34. The van der Waals surface area contributed by atoms with Gasteiger partial charge in [-0.05, 0) is 42.0 Å². The second-order valence-electron chi connectivity index (χ2n) is 4.54. The average molecular weight is 371 g/mol. The molecular weight excluding hydrogens is 360 g/mol. The second-order valence-corrected chi connectivity index (χ2v) is 6.43. The highest BCUT2D eigenvalue weighted by atomic mass is 79.9. The zero-order chi connectivity index (χ0) is 15.5. The molecule has 22 heavy (non-hydrogen) atoms. The van der Waals surface area contributed by atoms with Crippen LogP contribution in [-0.2, 0) is 0 Å². The SMILES string of the molecule is COc1ccc(Br)c(/C=C(\C#N)c2nc3ccccc3s2)c1. The number of aromatic nitrogens is 1. The lowest BCUT2D eigenvalue weighted by atomic mass is 10.1. The number of allylic oxidation sites excluding steroid dienone is 1. The van der Waals surface area contributed by atoms with Crippen LogP contribution in [0.15, 0.2) is 46.9 Å². The number of thiazole rings is 1. The molecule has 0 bridgehead atoms. The largest absolute Gasteiger partial charge is 0.497 e. The maximum atomic E-state index is 9.49. The van der Waals surface area contributed by atoms with Gasteiger partial charge >= 0.3 is 0 Å². The second kappa shape index (κ2) is 6.30. The molecule has 0 fully saturated rings. The predicted molar refractivity (Wildman–Crippen MR) is 93.8 cm³/mol. The van der Waals surface area contributed by atoms with Crippen molar-refractivity contribution >= 4 is 49.1 Å². The highest BCUT2D eigenvalue weighted by molar-refractivity contribution is 9.10. The molecule has 108 valence electrons. The molecule has 0 aliphatic rings. The molecule has 0 radical (unpaired) electrons. The summed E-state index contributed by atoms with van der Waals surface area (Å²) < 4.78 is 7.21. The van der Waals surface area contributed by atoms with Crippen LogP contribution in [0, 0.1) is 11.3 Å². The standard InChI is InChI=1S/C17H11BrN2OS/c1-21-13-6-7-14(18)11(9-13)8-12(10-19)17-20-15-4-2-3-5-16(15)22-17/h2-9H,1H3/b12-8+. The lowest BCUT2D eigenvalue weighted by molar-refractivity contribution is 0.414. The molecule has 0 saturated heterocycles. The number of hydrogen-bond acceptors (Lipinski definition) is 4. The fraction of sp³-hybridized carbons (Fsp3) is 0.0588. The smallest absolute Gasteiger partial charge is 0.135 e. The molecule has 0 spiro atoms. The Morgan fingerprint density at radius 2 is 2.14 bits per heavy atom. The molecule has 0 N–H and O–H groups in total. The Hall–Kier alpha value is -2.16. The molecule has 3 aromatic rings. The van der Waals surface area contributed by atoms with E-state index in [2.05, 4.69) is 27.0 Å². The number of nitriles is 1. The van der Waals surface area contributed by atoms with Gasteiger partial charge in [0.1, 0.15) is 16.8 Å². The lowest BCUT2D eigenvalue weighted by Gasteiger charge is -2.03. The van der Waals surface area contributed by atoms with E-state index in [1.54, 1.807) is 7.11 Å². The zero-order valence-electron chi connectivity index (χ0n) is 11.7. The van der Waals surface area contributed by atoms with Gasteiger partial charge in [0.25, 0.3) is 0 Å². The van der Waals surface area contributed by atoms with E-state index < -0.39 is 0 Å². The molecule has 0 amide bonds. The Bertz CT molecular complexity index is 875. The van der Waals surface area contributed by atoms with Crippen LogP contribution in [0.1, 0.15) is 10.6 Å². The van der Waals surface area contributed by atoms with Gasteiger partial charge in [0.2, 0.25) is 0 Å². The van der Waals surface area contributed by atoms with Gasteiger partial charge < -0.3 is 4.74 Å². The third-order valence-corrected chi connectivity index (χ3v) is 4.94. The average Bonchev–Trinajstić information content (AvgIpc) is 2.97. The predicted octanol–water partition coefficient (Wildman–Crippen LogP) is 5.13. The molecule has 3 rings (SSSR count). The molecule has 0 saturated carbocycles. The van der Waals surface area contributed by atoms with Crippen LogP contribution in [-0.4, -0.2) is 12.1 Å². The van der Waals surface area contributed by atoms with Crippen LogP contribution in [0.2, 0.25) is 0 Å². The molecule has 0 unspecified atom stereocenters. The van der Waals surface area contributed by atoms with Crippen LogP contribution in [0.4, 0.5) is 0 Å². The molecule has 0 aliphatic carbocycles. The fourth-order valence-electron chi connectivity index (χ4n) is 2.04. The summed E-state index contributed by atoms with van der Waals surface area (Å²) in [4.78, 5) is 4.53. The normalized spacial score (nSPS) is 11.4. The maximum Gasteiger partial charge on any atom is 0.135 e. The molecule has 2 aromatic carbocycles. The monoisotopic (exact) mass is 370 g/mol. The van der Waals surface area contributed by atoms with Crippen molar-refractivity contribution in [3.63, 3.8) is 0 Å². The minimum Gasteiger partial charge on any atom is -0.497 e. The van der Waals surface area contributed by atoms with Crippen molar-refractivity contribution in [2.75, 3.05) is 7.11 Å². The van der Waals surface area contributed by atoms with Gasteiger partial charge in [-0.2, -0.15) is 5.26 Å². The number of fused-ring (bicyclic) bond motifs is 1. The van der Waals surface area contributed by atoms with Crippen LogP contribution in [0.25, 0.3) is 21.9 Å². The summed E-state index contributed by atoms with van der Waals surface area (Å²) >= 11 is 5.01. The first-order valence-corrected chi connectivity index (χ1v) is 8.13. The van der Waals surface area contributed by atoms with Crippen molar-refractivity contribution in [1.29, 1.82) is 5.26 Å². The quantitative estimate of drug-likeness (QED) is 0.600. The van der Waals surface area contributed by atoms with E-state index in [0.29, 0.717) is 5.57 Å². The summed E-state index contributed by atoms with van der Waals surface area (Å²) in [5.41, 5.74) is 2.33. The zero-order valence-corrected chi connectivity index (χ0v) is 14.1. The first-order valence-electron chi connectivity index (χ1n) is 6.52. The van der Waals surface area contributed by atoms with Crippen LogP contribution in [0.5, 0.6) is 5.75 Å². The van der Waals surface area contributed by atoms with E-state index in [1.807, 2.05) is 48.5 Å². The van der Waals surface area contributed by atoms with Gasteiger partial charge in [-0.25, -0.2) is 4.98 Å². The van der Waals surface area contributed by atoms with Gasteiger partial charge in [-0.1, -0.05) is 28.1 Å². The number of halogens is 1. The first kappa shape index (κ1) is 14.8. The van der Waals surface area contributed by atoms with E-state index in [0.717, 1.165) is 31.0 Å². The number of hydrogen-bond donors (Lipinski definition) is 0. The number of methoxy groups -OCH3 is 1. The van der Waals surface area contributed by atoms with Crippen molar-refractivity contribution in [2.24, 2.45) is 0 Å². The summed E-state index contributed by atoms with van der Waals surface area (Å²) in [6.07, 6.45) is 1.82. The van der Waals surface area contributed by atoms with Gasteiger partial charge in [-0.3, -0.25) is 0 Å². The maximum absolute atomic E-state index is 9.49. The van der Waals surface area contributed by atoms with E-state index >= 15 is 0 Å². The summed E-state index contributed by atoms with van der Waals surface area (Å²) in [5.74, 6) is 0.746. The van der Waals surface area contributed by atoms with Crippen LogP contribution >= 0.6 is 27.3 Å². The molecule has 1 aromatic heterocycles. The Morgan fingerprint density at radius 3 is 2.86 bits per heavy atom. The van der Waals surface area contributed by atoms with Crippen molar-refractivity contribution in [3.8, 4) is 11.8 Å². The summed E-state index contributed by atoms with van der Waals surface area (Å²) in [5, 5.41) is 10.2. The third kappa shape index (κ3) is 2.89. The first-order chi connectivity index (χ1) is 10.7. The van der Waals surface area contributed by atoms with E-state index in [4.69, 9.17) is 4.74 Å². The van der Waals surface area contributed by atoms with Crippen molar-refractivity contribution < 1.29 is 4.74 Å². The molecular formula is C17H11BrN2OS. The van der Waals surface area contributed by atoms with E-state index in [9.17, 15) is 5.26 Å². The van der Waals surface area contributed by atoms with Crippen molar-refractivity contribution in [1.82, 2.24) is 4.98 Å². The Kier molecular flexibility index (Phi) is 4.23. The Labute approximate surface area is 140 Å². The number of ether oxygens (including phenoxy) is 1. The number of benzene rings is 2. The molecule has 0 aliphatic heterocycles. The van der Waals surface area contributed by atoms with E-state index in [1.165, 1.54) is 11.3 Å². The highest BCUT2D eigenvalue weighted by Crippen LogP contribution is 2.30. The van der Waals surface area contributed by atoms with Crippen LogP contribution < -0.4 is 4.74 Å². The third-order valence-electron chi connectivity index (χ3n) is 3.15. The summed E-state index contributed by atoms with van der Waals surface area (Å²) in [6.45, 7) is 0. The summed E-state index contributed by atoms with van der Waals surface area (Å²) in [7, 11) is 1.62. The van der Waals surface area contributed by atoms with Gasteiger partial charge in [-0.15, -0.1) is 11.3 Å². The Balaban J connectivity index is 2.09. The topological polar surface area (TPSA) is 45.9 Å². The summed E-state index contributed by atoms with van der Waals surface area (Å²) in [6, 6.07) is 15.8. The minimum atomic E-state index is 0.537. The van der Waals surface area contributed by atoms with E-state index in [-0.39, 0.29) is 0 Å². The number of rotatable bonds is 3. The molecule has 5 heteroatoms. The van der Waals surface area contributed by atoms with Gasteiger partial charge in [0.05, 0.1) is 22.9 Å². The van der Waals surface area contributed by atoms with Gasteiger partial charge in [0, 0.05) is 4.47 Å². The molecule has 0 atom stereocenters. The number of para-hydroxylation sites is 1. The van der Waals surface area contributed by atoms with Gasteiger partial charge in [0.15, 0.2) is 0 Å². The Morgan fingerprint density at radius 1 is 1.32 bits per heavy atom.